The van der Waals surface area contributed by atoms with Gasteiger partial charge in [0.2, 0.25) is 10.0 Å². The number of nitrogens with zero attached hydrogens (tertiary/aromatic N) is 1. The minimum atomic E-state index is -3.69. The van der Waals surface area contributed by atoms with Gasteiger partial charge < -0.3 is 9.32 Å². The van der Waals surface area contributed by atoms with Crippen LogP contribution in [0.25, 0.3) is 0 Å². The van der Waals surface area contributed by atoms with Crippen molar-refractivity contribution in [2.75, 3.05) is 13.1 Å². The first-order valence-corrected chi connectivity index (χ1v) is 9.84. The molecule has 0 saturated carbocycles. The molecular formula is C17H19ClN2O4S. The van der Waals surface area contributed by atoms with Crippen LogP contribution in [-0.2, 0) is 10.0 Å². The molecule has 0 radical (unpaired) electrons. The maximum Gasteiger partial charge on any atom is 0.289 e. The van der Waals surface area contributed by atoms with Crippen LogP contribution in [0.2, 0.25) is 5.02 Å². The molecule has 2 heterocycles. The normalized spacial score (nSPS) is 16.2. The number of amides is 1. The Morgan fingerprint density at radius 1 is 1.28 bits per heavy atom. The molecule has 0 aliphatic carbocycles. The minimum Gasteiger partial charge on any atom is -0.459 e. The second-order valence-corrected chi connectivity index (χ2v) is 8.19. The predicted molar refractivity (Wildman–Crippen MR) is 94.1 cm³/mol. The van der Waals surface area contributed by atoms with E-state index in [-0.39, 0.29) is 21.9 Å². The number of aryl methyl sites for hydroxylation is 1. The number of sulfonamides is 1. The van der Waals surface area contributed by atoms with Crippen LogP contribution in [0.15, 0.2) is 45.9 Å². The van der Waals surface area contributed by atoms with Crippen LogP contribution in [0.4, 0.5) is 0 Å². The van der Waals surface area contributed by atoms with Gasteiger partial charge in [-0.2, -0.15) is 0 Å². The fourth-order valence-corrected chi connectivity index (χ4v) is 4.77. The lowest BCUT2D eigenvalue weighted by atomic mass is 10.1. The Kier molecular flexibility index (Phi) is 5.17. The van der Waals surface area contributed by atoms with Gasteiger partial charge in [-0.25, -0.2) is 13.1 Å². The largest absolute Gasteiger partial charge is 0.459 e. The summed E-state index contributed by atoms with van der Waals surface area (Å²) in [6.45, 7) is 2.78. The van der Waals surface area contributed by atoms with E-state index in [1.807, 2.05) is 6.92 Å². The molecule has 0 bridgehead atoms. The highest BCUT2D eigenvalue weighted by molar-refractivity contribution is 7.89. The second-order valence-electron chi connectivity index (χ2n) is 6.10. The van der Waals surface area contributed by atoms with Gasteiger partial charge in [0.05, 0.1) is 11.3 Å². The number of carbonyl (C=O) groups excluding carboxylic acids is 1. The molecule has 0 unspecified atom stereocenters. The highest BCUT2D eigenvalue weighted by Gasteiger charge is 2.28. The fraction of sp³-hybridized carbons (Fsp3) is 0.353. The van der Waals surface area contributed by atoms with Gasteiger partial charge in [0, 0.05) is 19.1 Å². The van der Waals surface area contributed by atoms with E-state index in [4.69, 9.17) is 16.0 Å². The smallest absolute Gasteiger partial charge is 0.289 e. The van der Waals surface area contributed by atoms with Gasteiger partial charge in [-0.15, -0.1) is 0 Å². The highest BCUT2D eigenvalue weighted by Crippen LogP contribution is 2.24. The van der Waals surface area contributed by atoms with Crippen molar-refractivity contribution >= 4 is 27.5 Å². The average Bonchev–Trinajstić information content (AvgIpc) is 3.08. The molecule has 6 nitrogen and oxygen atoms in total. The fourth-order valence-electron chi connectivity index (χ4n) is 2.86. The molecule has 0 spiro atoms. The molecule has 1 N–H and O–H groups in total. The van der Waals surface area contributed by atoms with Crippen LogP contribution >= 0.6 is 11.6 Å². The van der Waals surface area contributed by atoms with Crippen molar-refractivity contribution in [3.63, 3.8) is 0 Å². The third-order valence-corrected chi connectivity index (χ3v) is 6.22. The SMILES string of the molecule is Cc1ccc(S(=O)(=O)NC2CCN(C(=O)c3ccco3)CC2)c(Cl)c1. The van der Waals surface area contributed by atoms with E-state index in [1.165, 1.54) is 12.3 Å². The minimum absolute atomic E-state index is 0.0776. The van der Waals surface area contributed by atoms with E-state index in [2.05, 4.69) is 4.72 Å². The van der Waals surface area contributed by atoms with Crippen LogP contribution in [-0.4, -0.2) is 38.4 Å². The number of halogens is 1. The number of likely N-dealkylation sites (tertiary alicyclic amines) is 1. The van der Waals surface area contributed by atoms with E-state index in [0.29, 0.717) is 31.7 Å². The van der Waals surface area contributed by atoms with E-state index in [0.717, 1.165) is 5.56 Å². The first kappa shape index (κ1) is 18.0. The van der Waals surface area contributed by atoms with Gasteiger partial charge in [-0.05, 0) is 49.6 Å². The van der Waals surface area contributed by atoms with Crippen molar-refractivity contribution in [1.82, 2.24) is 9.62 Å². The summed E-state index contributed by atoms with van der Waals surface area (Å²) in [7, 11) is -3.69. The molecule has 1 aliphatic rings. The zero-order valence-corrected chi connectivity index (χ0v) is 15.3. The molecule has 1 aromatic carbocycles. The Bertz CT molecular complexity index is 857. The molecular weight excluding hydrogens is 364 g/mol. The zero-order valence-electron chi connectivity index (χ0n) is 13.7. The van der Waals surface area contributed by atoms with Gasteiger partial charge in [0.25, 0.3) is 5.91 Å². The Labute approximate surface area is 151 Å². The number of rotatable bonds is 4. The van der Waals surface area contributed by atoms with Crippen LogP contribution in [0.3, 0.4) is 0 Å². The van der Waals surface area contributed by atoms with Crippen molar-refractivity contribution in [3.05, 3.63) is 52.9 Å². The molecule has 1 aromatic heterocycles. The van der Waals surface area contributed by atoms with Crippen molar-refractivity contribution in [1.29, 1.82) is 0 Å². The summed E-state index contributed by atoms with van der Waals surface area (Å²) in [5.74, 6) is 0.123. The average molecular weight is 383 g/mol. The summed E-state index contributed by atoms with van der Waals surface area (Å²) in [5, 5.41) is 0.206. The van der Waals surface area contributed by atoms with E-state index in [1.54, 1.807) is 29.2 Å². The summed E-state index contributed by atoms with van der Waals surface area (Å²) < 4.78 is 32.9. The first-order chi connectivity index (χ1) is 11.9. The maximum atomic E-state index is 12.5. The Hall–Kier alpha value is -1.83. The molecule has 0 atom stereocenters. The van der Waals surface area contributed by atoms with Gasteiger partial charge in [0.1, 0.15) is 4.90 Å². The molecule has 2 aromatic rings. The van der Waals surface area contributed by atoms with Crippen LogP contribution in [0.1, 0.15) is 29.0 Å². The number of hydrogen-bond donors (Lipinski definition) is 1. The quantitative estimate of drug-likeness (QED) is 0.881. The number of furan rings is 1. The lowest BCUT2D eigenvalue weighted by molar-refractivity contribution is 0.0679. The third-order valence-electron chi connectivity index (χ3n) is 4.21. The number of carbonyl (C=O) groups is 1. The second kappa shape index (κ2) is 7.19. The third kappa shape index (κ3) is 4.05. The van der Waals surface area contributed by atoms with Gasteiger partial charge in [-0.3, -0.25) is 4.79 Å². The van der Waals surface area contributed by atoms with Crippen molar-refractivity contribution in [2.24, 2.45) is 0 Å². The summed E-state index contributed by atoms with van der Waals surface area (Å²) >= 11 is 6.07. The topological polar surface area (TPSA) is 79.6 Å². The number of nitrogens with one attached hydrogen (secondary N) is 1. The lowest BCUT2D eigenvalue weighted by Crippen LogP contribution is -2.46. The standard InChI is InChI=1S/C17H19ClN2O4S/c1-12-4-5-16(14(18)11-12)25(22,23)19-13-6-8-20(9-7-13)17(21)15-3-2-10-24-15/h2-5,10-11,13,19H,6-9H2,1H3. The molecule has 1 fully saturated rings. The Morgan fingerprint density at radius 3 is 2.60 bits per heavy atom. The maximum absolute atomic E-state index is 12.5. The monoisotopic (exact) mass is 382 g/mol. The summed E-state index contributed by atoms with van der Waals surface area (Å²) in [6.07, 6.45) is 2.53. The molecule has 25 heavy (non-hydrogen) atoms. The number of hydrogen-bond acceptors (Lipinski definition) is 4. The Morgan fingerprint density at radius 2 is 2.00 bits per heavy atom. The van der Waals surface area contributed by atoms with Crippen molar-refractivity contribution in [3.8, 4) is 0 Å². The molecule has 134 valence electrons. The van der Waals surface area contributed by atoms with E-state index >= 15 is 0 Å². The number of benzene rings is 1. The van der Waals surface area contributed by atoms with Crippen molar-refractivity contribution in [2.45, 2.75) is 30.7 Å². The Balaban J connectivity index is 1.62. The summed E-state index contributed by atoms with van der Waals surface area (Å²) in [5.41, 5.74) is 0.897. The highest BCUT2D eigenvalue weighted by atomic mass is 35.5. The lowest BCUT2D eigenvalue weighted by Gasteiger charge is -2.31. The molecule has 1 amide bonds. The predicted octanol–water partition coefficient (Wildman–Crippen LogP) is 2.82. The zero-order chi connectivity index (χ0) is 18.0. The number of piperidine rings is 1. The van der Waals surface area contributed by atoms with Gasteiger partial charge in [-0.1, -0.05) is 17.7 Å². The van der Waals surface area contributed by atoms with Gasteiger partial charge >= 0.3 is 0 Å². The van der Waals surface area contributed by atoms with Crippen LogP contribution in [0.5, 0.6) is 0 Å². The van der Waals surface area contributed by atoms with E-state index in [9.17, 15) is 13.2 Å². The van der Waals surface area contributed by atoms with Gasteiger partial charge in [0.15, 0.2) is 5.76 Å². The van der Waals surface area contributed by atoms with Crippen LogP contribution in [0, 0.1) is 6.92 Å². The first-order valence-electron chi connectivity index (χ1n) is 7.98. The molecule has 1 saturated heterocycles. The van der Waals surface area contributed by atoms with Crippen molar-refractivity contribution < 1.29 is 17.6 Å². The molecule has 8 heteroatoms. The molecule has 1 aliphatic heterocycles. The van der Waals surface area contributed by atoms with E-state index < -0.39 is 10.0 Å². The summed E-state index contributed by atoms with van der Waals surface area (Å²) in [6, 6.07) is 7.90. The summed E-state index contributed by atoms with van der Waals surface area (Å²) in [4.78, 5) is 14.0. The molecule has 3 rings (SSSR count). The van der Waals surface area contributed by atoms with Crippen LogP contribution < -0.4 is 4.72 Å².